The van der Waals surface area contributed by atoms with Crippen LogP contribution in [0.2, 0.25) is 0 Å². The van der Waals surface area contributed by atoms with Crippen LogP contribution >= 0.6 is 23.1 Å². The number of hydrogen-bond donors (Lipinski definition) is 1. The topological polar surface area (TPSA) is 63.2 Å². The first kappa shape index (κ1) is 22.7. The van der Waals surface area contributed by atoms with Crippen LogP contribution in [0, 0.1) is 0 Å². The molecule has 0 unspecified atom stereocenters. The van der Waals surface area contributed by atoms with Gasteiger partial charge in [-0.15, -0.1) is 0 Å². The van der Waals surface area contributed by atoms with Crippen molar-refractivity contribution >= 4 is 43.7 Å². The van der Waals surface area contributed by atoms with Gasteiger partial charge in [-0.3, -0.25) is 0 Å². The maximum Gasteiger partial charge on any atom is 0.241 e. The van der Waals surface area contributed by atoms with Gasteiger partial charge < -0.3 is 4.57 Å². The number of halogens is 1. The number of rotatable bonds is 7. The lowest BCUT2D eigenvalue weighted by Crippen LogP contribution is -2.34. The minimum Gasteiger partial charge on any atom is -0.312 e. The number of sulfonamides is 1. The van der Waals surface area contributed by atoms with E-state index in [9.17, 15) is 13.0 Å². The lowest BCUT2D eigenvalue weighted by molar-refractivity contribution is 0.560. The molecule has 1 atom stereocenters. The van der Waals surface area contributed by atoms with Gasteiger partial charge in [-0.2, -0.15) is 4.72 Å². The fraction of sp³-hybridized carbons (Fsp3) is 0.0400. The zero-order valence-electron chi connectivity index (χ0n) is 17.0. The predicted octanol–water partition coefficient (Wildman–Crippen LogP) is 5.44. The molecule has 0 radical (unpaired) electrons. The van der Waals surface area contributed by atoms with Crippen LogP contribution in [0.4, 0.5) is 0 Å². The summed E-state index contributed by atoms with van der Waals surface area (Å²) >= 11 is 3.33. The third-order valence-corrected chi connectivity index (χ3v) is 10.6. The molecule has 0 aliphatic rings. The molecule has 0 fully saturated rings. The molecule has 7 heteroatoms. The second-order valence-corrected chi connectivity index (χ2v) is 12.7. The number of nitrogens with one attached hydrogen (secondary N) is 1. The Hall–Kier alpha value is -2.50. The summed E-state index contributed by atoms with van der Waals surface area (Å²) in [6.45, 7) is 0. The van der Waals surface area contributed by atoms with Gasteiger partial charge in [0.05, 0.1) is 4.90 Å². The molecule has 0 bridgehead atoms. The molecule has 1 N–H and O–H groups in total. The fourth-order valence-electron chi connectivity index (χ4n) is 3.56. The van der Waals surface area contributed by atoms with E-state index in [0.29, 0.717) is 16.2 Å². The van der Waals surface area contributed by atoms with Gasteiger partial charge >= 0.3 is 0 Å². The fourth-order valence-corrected chi connectivity index (χ4v) is 8.61. The Morgan fingerprint density at radius 2 is 1.09 bits per heavy atom. The van der Waals surface area contributed by atoms with E-state index in [4.69, 9.17) is 0 Å². The first-order chi connectivity index (χ1) is 15.4. The average Bonchev–Trinajstić information content (AvgIpc) is 2.84. The summed E-state index contributed by atoms with van der Waals surface area (Å²) in [5, 5.41) is 1.16. The van der Waals surface area contributed by atoms with Gasteiger partial charge in [-0.1, -0.05) is 107 Å². The van der Waals surface area contributed by atoms with Crippen molar-refractivity contribution in [3.8, 4) is 0 Å². The van der Waals surface area contributed by atoms with Gasteiger partial charge in [0.25, 0.3) is 0 Å². The van der Waals surface area contributed by atoms with E-state index in [1.807, 2.05) is 54.6 Å². The van der Waals surface area contributed by atoms with E-state index in [0.717, 1.165) is 4.47 Å². The summed E-state index contributed by atoms with van der Waals surface area (Å²) in [5.41, 5.74) is 0.629. The van der Waals surface area contributed by atoms with Crippen LogP contribution in [0.1, 0.15) is 11.3 Å². The van der Waals surface area contributed by atoms with E-state index in [1.54, 1.807) is 48.5 Å². The highest BCUT2D eigenvalue weighted by Crippen LogP contribution is 2.56. The zero-order chi connectivity index (χ0) is 22.6. The quantitative estimate of drug-likeness (QED) is 0.327. The SMILES string of the molecule is O=P(c1ccccc1)(c1ccccc1)[C@H](NS(=O)(=O)c1ccc(Br)cc1)c1ccccc1. The molecule has 0 aromatic heterocycles. The molecule has 4 nitrogen and oxygen atoms in total. The molecule has 32 heavy (non-hydrogen) atoms. The van der Waals surface area contributed by atoms with Crippen molar-refractivity contribution in [2.75, 3.05) is 0 Å². The second kappa shape index (κ2) is 9.55. The molecule has 0 amide bonds. The summed E-state index contributed by atoms with van der Waals surface area (Å²) in [4.78, 5) is 0.106. The first-order valence-electron chi connectivity index (χ1n) is 9.95. The smallest absolute Gasteiger partial charge is 0.241 e. The van der Waals surface area contributed by atoms with Crippen molar-refractivity contribution in [3.05, 3.63) is 125 Å². The minimum absolute atomic E-state index is 0.106. The lowest BCUT2D eigenvalue weighted by Gasteiger charge is -2.30. The third-order valence-electron chi connectivity index (χ3n) is 5.15. The Morgan fingerprint density at radius 1 is 0.656 bits per heavy atom. The van der Waals surface area contributed by atoms with E-state index in [2.05, 4.69) is 20.7 Å². The highest BCUT2D eigenvalue weighted by Gasteiger charge is 2.40. The van der Waals surface area contributed by atoms with Crippen LogP contribution in [0.3, 0.4) is 0 Å². The number of benzene rings is 4. The first-order valence-corrected chi connectivity index (χ1v) is 14.0. The predicted molar refractivity (Wildman–Crippen MR) is 133 cm³/mol. The molecule has 0 saturated carbocycles. The van der Waals surface area contributed by atoms with Crippen molar-refractivity contribution in [1.82, 2.24) is 4.72 Å². The van der Waals surface area contributed by atoms with Crippen molar-refractivity contribution in [2.45, 2.75) is 10.7 Å². The summed E-state index contributed by atoms with van der Waals surface area (Å²) in [6.07, 6.45) is 0. The minimum atomic E-state index is -3.97. The van der Waals surface area contributed by atoms with Crippen LogP contribution in [0.25, 0.3) is 0 Å². The van der Waals surface area contributed by atoms with Crippen LogP contribution in [-0.4, -0.2) is 8.42 Å². The van der Waals surface area contributed by atoms with Crippen LogP contribution in [-0.2, 0) is 14.6 Å². The van der Waals surface area contributed by atoms with Gasteiger partial charge in [0.1, 0.15) is 5.78 Å². The third kappa shape index (κ3) is 4.64. The second-order valence-electron chi connectivity index (χ2n) is 7.22. The monoisotopic (exact) mass is 525 g/mol. The summed E-state index contributed by atoms with van der Waals surface area (Å²) in [7, 11) is -7.45. The normalized spacial score (nSPS) is 12.9. The van der Waals surface area contributed by atoms with E-state index in [-0.39, 0.29) is 4.90 Å². The largest absolute Gasteiger partial charge is 0.312 e. The molecule has 0 aliphatic carbocycles. The van der Waals surface area contributed by atoms with Gasteiger partial charge in [0, 0.05) is 15.1 Å². The molecule has 162 valence electrons. The van der Waals surface area contributed by atoms with E-state index < -0.39 is 22.9 Å². The molecule has 4 aromatic carbocycles. The van der Waals surface area contributed by atoms with Crippen molar-refractivity contribution in [1.29, 1.82) is 0 Å². The maximum absolute atomic E-state index is 14.9. The summed E-state index contributed by atoms with van der Waals surface area (Å²) in [5.74, 6) is -0.984. The Kier molecular flexibility index (Phi) is 6.77. The van der Waals surface area contributed by atoms with E-state index >= 15 is 0 Å². The number of hydrogen-bond acceptors (Lipinski definition) is 3. The van der Waals surface area contributed by atoms with Crippen LogP contribution < -0.4 is 15.3 Å². The molecule has 0 spiro atoms. The highest BCUT2D eigenvalue weighted by molar-refractivity contribution is 9.10. The van der Waals surface area contributed by atoms with Gasteiger partial charge in [-0.05, 0) is 29.8 Å². The molecule has 0 heterocycles. The highest BCUT2D eigenvalue weighted by atomic mass is 79.9. The molecular weight excluding hydrogens is 505 g/mol. The zero-order valence-corrected chi connectivity index (χ0v) is 20.3. The lowest BCUT2D eigenvalue weighted by atomic mass is 10.2. The van der Waals surface area contributed by atoms with Gasteiger partial charge in [-0.25, -0.2) is 8.42 Å². The van der Waals surface area contributed by atoms with Gasteiger partial charge in [0.2, 0.25) is 10.0 Å². The Bertz CT molecular complexity index is 1290. The molecular formula is C25H21BrNO3PS. The van der Waals surface area contributed by atoms with Crippen molar-refractivity contribution in [2.24, 2.45) is 0 Å². The average molecular weight is 526 g/mol. The molecule has 0 aliphatic heterocycles. The summed E-state index contributed by atoms with van der Waals surface area (Å²) in [6, 6.07) is 33.6. The Labute approximate surface area is 196 Å². The van der Waals surface area contributed by atoms with Crippen LogP contribution in [0.5, 0.6) is 0 Å². The standard InChI is InChI=1S/C25H21BrNO3PS/c26-21-16-18-24(19-17-21)32(29,30)27-25(20-10-4-1-5-11-20)31(28,22-12-6-2-7-13-22)23-14-8-3-9-15-23/h1-19,25,27H/t25-/m0/s1. The summed E-state index contributed by atoms with van der Waals surface area (Å²) < 4.78 is 45.3. The maximum atomic E-state index is 14.9. The van der Waals surface area contributed by atoms with Crippen molar-refractivity contribution in [3.63, 3.8) is 0 Å². The molecule has 0 saturated heterocycles. The molecule has 4 rings (SSSR count). The molecule has 4 aromatic rings. The van der Waals surface area contributed by atoms with Crippen LogP contribution in [0.15, 0.2) is 125 Å². The van der Waals surface area contributed by atoms with Gasteiger partial charge in [0.15, 0.2) is 7.14 Å². The van der Waals surface area contributed by atoms with E-state index in [1.165, 1.54) is 12.1 Å². The Balaban J connectivity index is 1.92. The van der Waals surface area contributed by atoms with Crippen molar-refractivity contribution < 1.29 is 13.0 Å². The Morgan fingerprint density at radius 3 is 1.56 bits per heavy atom.